The Labute approximate surface area is 113 Å². The molecule has 106 valence electrons. The van der Waals surface area contributed by atoms with E-state index in [0.29, 0.717) is 18.9 Å². The highest BCUT2D eigenvalue weighted by molar-refractivity contribution is 5.70. The van der Waals surface area contributed by atoms with Gasteiger partial charge in [-0.3, -0.25) is 0 Å². The molecule has 0 spiro atoms. The van der Waals surface area contributed by atoms with E-state index in [1.165, 1.54) is 6.07 Å². The smallest absolute Gasteiger partial charge is 0.167 e. The molecule has 1 fully saturated rings. The summed E-state index contributed by atoms with van der Waals surface area (Å²) in [6.07, 6.45) is 0.135. The molecule has 1 aromatic carbocycles. The van der Waals surface area contributed by atoms with E-state index in [2.05, 4.69) is 11.8 Å². The van der Waals surface area contributed by atoms with Crippen LogP contribution < -0.4 is 15.4 Å². The monoisotopic (exact) mass is 268 g/mol. The topological polar surface area (TPSA) is 47.7 Å². The van der Waals surface area contributed by atoms with Gasteiger partial charge in [0.1, 0.15) is 0 Å². The van der Waals surface area contributed by atoms with Crippen molar-refractivity contribution in [3.05, 3.63) is 17.9 Å². The Bertz CT molecular complexity index is 453. The second-order valence-corrected chi connectivity index (χ2v) is 4.92. The minimum atomic E-state index is -0.419. The summed E-state index contributed by atoms with van der Waals surface area (Å²) in [7, 11) is 0. The number of nitrogens with zero attached hydrogens (tertiary/aromatic N) is 1. The molecule has 1 heterocycles. The number of halogens is 1. The lowest BCUT2D eigenvalue weighted by Crippen LogP contribution is -2.47. The summed E-state index contributed by atoms with van der Waals surface area (Å²) >= 11 is 0. The summed E-state index contributed by atoms with van der Waals surface area (Å²) in [5.74, 6) is -0.171. The van der Waals surface area contributed by atoms with Crippen molar-refractivity contribution in [3.63, 3.8) is 0 Å². The first-order valence-corrected chi connectivity index (χ1v) is 6.63. The molecule has 19 heavy (non-hydrogen) atoms. The van der Waals surface area contributed by atoms with Gasteiger partial charge in [0.15, 0.2) is 11.6 Å². The Morgan fingerprint density at radius 2 is 2.21 bits per heavy atom. The van der Waals surface area contributed by atoms with Crippen LogP contribution >= 0.6 is 0 Å². The van der Waals surface area contributed by atoms with E-state index in [1.54, 1.807) is 6.07 Å². The average molecular weight is 268 g/mol. The van der Waals surface area contributed by atoms with Crippen molar-refractivity contribution in [2.24, 2.45) is 0 Å². The number of hydrogen-bond donors (Lipinski definition) is 1. The van der Waals surface area contributed by atoms with Crippen molar-refractivity contribution >= 4 is 11.4 Å². The maximum Gasteiger partial charge on any atom is 0.167 e. The highest BCUT2D eigenvalue weighted by Gasteiger charge is 2.26. The lowest BCUT2D eigenvalue weighted by atomic mass is 10.1. The summed E-state index contributed by atoms with van der Waals surface area (Å²) in [5.41, 5.74) is 7.19. The standard InChI is InChI=1S/C14H21FN2O2/c1-4-18-14-6-13(12(16)5-11(14)15)17-7-10(3)19-8-9(17)2/h5-6,9-10H,4,7-8,16H2,1-3H3. The van der Waals surface area contributed by atoms with E-state index >= 15 is 0 Å². The average Bonchev–Trinajstić information content (AvgIpc) is 2.36. The first-order chi connectivity index (χ1) is 9.02. The molecule has 0 radical (unpaired) electrons. The van der Waals surface area contributed by atoms with Crippen LogP contribution in [0.25, 0.3) is 0 Å². The molecule has 0 bridgehead atoms. The van der Waals surface area contributed by atoms with Gasteiger partial charge in [0.25, 0.3) is 0 Å². The van der Waals surface area contributed by atoms with Crippen molar-refractivity contribution in [2.75, 3.05) is 30.4 Å². The second kappa shape index (κ2) is 5.65. The first-order valence-electron chi connectivity index (χ1n) is 6.63. The number of morpholine rings is 1. The third kappa shape index (κ3) is 2.92. The number of nitrogens with two attached hydrogens (primary N) is 1. The molecule has 1 aliphatic rings. The lowest BCUT2D eigenvalue weighted by Gasteiger charge is -2.39. The van der Waals surface area contributed by atoms with Crippen molar-refractivity contribution in [1.29, 1.82) is 0 Å². The Morgan fingerprint density at radius 3 is 2.89 bits per heavy atom. The Hall–Kier alpha value is -1.49. The molecule has 1 aromatic rings. The van der Waals surface area contributed by atoms with Crippen molar-refractivity contribution < 1.29 is 13.9 Å². The number of ether oxygens (including phenoxy) is 2. The zero-order valence-electron chi connectivity index (χ0n) is 11.6. The van der Waals surface area contributed by atoms with Gasteiger partial charge in [0.05, 0.1) is 30.7 Å². The zero-order chi connectivity index (χ0) is 14.0. The van der Waals surface area contributed by atoms with Crippen molar-refractivity contribution in [1.82, 2.24) is 0 Å². The van der Waals surface area contributed by atoms with Crippen LogP contribution in [0.5, 0.6) is 5.75 Å². The third-order valence-corrected chi connectivity index (χ3v) is 3.30. The van der Waals surface area contributed by atoms with Gasteiger partial charge in [-0.05, 0) is 20.8 Å². The molecule has 0 aromatic heterocycles. The second-order valence-electron chi connectivity index (χ2n) is 4.92. The molecule has 2 rings (SSSR count). The van der Waals surface area contributed by atoms with E-state index in [1.807, 2.05) is 13.8 Å². The van der Waals surface area contributed by atoms with Crippen LogP contribution in [0.15, 0.2) is 12.1 Å². The molecular formula is C14H21FN2O2. The van der Waals surface area contributed by atoms with Crippen molar-refractivity contribution in [2.45, 2.75) is 32.9 Å². The summed E-state index contributed by atoms with van der Waals surface area (Å²) in [5, 5.41) is 0. The van der Waals surface area contributed by atoms with Gasteiger partial charge in [-0.25, -0.2) is 4.39 Å². The van der Waals surface area contributed by atoms with Gasteiger partial charge in [-0.15, -0.1) is 0 Å². The van der Waals surface area contributed by atoms with Crippen LogP contribution in [0.4, 0.5) is 15.8 Å². The summed E-state index contributed by atoms with van der Waals surface area (Å²) in [6, 6.07) is 3.22. The van der Waals surface area contributed by atoms with E-state index in [4.69, 9.17) is 15.2 Å². The fourth-order valence-electron chi connectivity index (χ4n) is 2.31. The van der Waals surface area contributed by atoms with E-state index in [0.717, 1.165) is 12.2 Å². The van der Waals surface area contributed by atoms with Crippen LogP contribution in [0.2, 0.25) is 0 Å². The van der Waals surface area contributed by atoms with Crippen molar-refractivity contribution in [3.8, 4) is 5.75 Å². The number of hydrogen-bond acceptors (Lipinski definition) is 4. The molecule has 2 N–H and O–H groups in total. The normalized spacial score (nSPS) is 23.5. The number of anilines is 2. The van der Waals surface area contributed by atoms with Crippen LogP contribution in [-0.2, 0) is 4.74 Å². The van der Waals surface area contributed by atoms with Gasteiger partial charge >= 0.3 is 0 Å². The lowest BCUT2D eigenvalue weighted by molar-refractivity contribution is 0.0344. The van der Waals surface area contributed by atoms with Gasteiger partial charge in [0.2, 0.25) is 0 Å². The Kier molecular flexibility index (Phi) is 4.14. The summed E-state index contributed by atoms with van der Waals surface area (Å²) in [6.45, 7) is 7.71. The highest BCUT2D eigenvalue weighted by Crippen LogP contribution is 2.33. The molecule has 0 amide bonds. The minimum Gasteiger partial charge on any atom is -0.491 e. The minimum absolute atomic E-state index is 0.135. The first kappa shape index (κ1) is 13.9. The summed E-state index contributed by atoms with van der Waals surface area (Å²) < 4.78 is 24.6. The third-order valence-electron chi connectivity index (χ3n) is 3.30. The van der Waals surface area contributed by atoms with E-state index < -0.39 is 5.82 Å². The van der Waals surface area contributed by atoms with Gasteiger partial charge in [-0.1, -0.05) is 0 Å². The molecule has 0 saturated carbocycles. The predicted molar refractivity (Wildman–Crippen MR) is 74.2 cm³/mol. The fourth-order valence-corrected chi connectivity index (χ4v) is 2.31. The Balaban J connectivity index is 2.34. The highest BCUT2D eigenvalue weighted by atomic mass is 19.1. The molecule has 2 atom stereocenters. The Morgan fingerprint density at radius 1 is 1.47 bits per heavy atom. The zero-order valence-corrected chi connectivity index (χ0v) is 11.6. The van der Waals surface area contributed by atoms with Crippen LogP contribution in [0, 0.1) is 5.82 Å². The number of rotatable bonds is 3. The largest absolute Gasteiger partial charge is 0.491 e. The van der Waals surface area contributed by atoms with Crippen LogP contribution in [-0.4, -0.2) is 31.9 Å². The quantitative estimate of drug-likeness (QED) is 0.855. The number of benzene rings is 1. The molecule has 0 aliphatic carbocycles. The molecule has 1 aliphatic heterocycles. The maximum atomic E-state index is 13.7. The predicted octanol–water partition coefficient (Wildman–Crippen LogP) is 2.42. The molecule has 5 heteroatoms. The van der Waals surface area contributed by atoms with E-state index in [9.17, 15) is 4.39 Å². The fraction of sp³-hybridized carbons (Fsp3) is 0.571. The molecular weight excluding hydrogens is 247 g/mol. The number of nitrogen functional groups attached to an aromatic ring is 1. The maximum absolute atomic E-state index is 13.7. The van der Waals surface area contributed by atoms with E-state index in [-0.39, 0.29) is 17.9 Å². The molecule has 2 unspecified atom stereocenters. The summed E-state index contributed by atoms with van der Waals surface area (Å²) in [4.78, 5) is 2.14. The van der Waals surface area contributed by atoms with Gasteiger partial charge in [-0.2, -0.15) is 0 Å². The molecule has 1 saturated heterocycles. The van der Waals surface area contributed by atoms with Gasteiger partial charge in [0, 0.05) is 24.7 Å². The van der Waals surface area contributed by atoms with Crippen LogP contribution in [0.3, 0.4) is 0 Å². The van der Waals surface area contributed by atoms with Crippen LogP contribution in [0.1, 0.15) is 20.8 Å². The SMILES string of the molecule is CCOc1cc(N2CC(C)OCC2C)c(N)cc1F. The molecule has 4 nitrogen and oxygen atoms in total. The van der Waals surface area contributed by atoms with Gasteiger partial charge < -0.3 is 20.1 Å².